The van der Waals surface area contributed by atoms with Crippen molar-refractivity contribution in [2.75, 3.05) is 0 Å². The van der Waals surface area contributed by atoms with Gasteiger partial charge in [0.2, 0.25) is 0 Å². The fourth-order valence-corrected chi connectivity index (χ4v) is 3.33. The Kier molecular flexibility index (Phi) is 10.2. The zero-order valence-electron chi connectivity index (χ0n) is 17.5. The summed E-state index contributed by atoms with van der Waals surface area (Å²) in [5.74, 6) is 2.10. The molecule has 0 saturated heterocycles. The van der Waals surface area contributed by atoms with Gasteiger partial charge in [-0.3, -0.25) is 0 Å². The van der Waals surface area contributed by atoms with Gasteiger partial charge in [0.05, 0.1) is 6.10 Å². The SMILES string of the molecule is CC(O)C(N)CCCc1ccc(Oc2cccc(OCc3ccccc3)c2)cc1Cl.Cl. The molecule has 2 unspecified atom stereocenters. The van der Waals surface area contributed by atoms with Gasteiger partial charge in [-0.2, -0.15) is 0 Å². The van der Waals surface area contributed by atoms with E-state index in [0.29, 0.717) is 23.1 Å². The topological polar surface area (TPSA) is 64.7 Å². The lowest BCUT2D eigenvalue weighted by molar-refractivity contribution is 0.158. The van der Waals surface area contributed by atoms with E-state index < -0.39 is 6.10 Å². The Hall–Kier alpha value is -2.24. The molecule has 166 valence electrons. The molecule has 0 spiro atoms. The summed E-state index contributed by atoms with van der Waals surface area (Å²) in [6.45, 7) is 2.22. The lowest BCUT2D eigenvalue weighted by Crippen LogP contribution is -2.32. The Morgan fingerprint density at radius 3 is 2.35 bits per heavy atom. The summed E-state index contributed by atoms with van der Waals surface area (Å²) in [6.07, 6.45) is 1.93. The Balaban J connectivity index is 0.00000341. The molecule has 31 heavy (non-hydrogen) atoms. The number of halogens is 2. The number of rotatable bonds is 10. The van der Waals surface area contributed by atoms with Crippen molar-refractivity contribution in [1.29, 1.82) is 0 Å². The van der Waals surface area contributed by atoms with E-state index in [2.05, 4.69) is 0 Å². The molecule has 0 fully saturated rings. The molecule has 0 bridgehead atoms. The first-order valence-corrected chi connectivity index (χ1v) is 10.6. The predicted octanol–water partition coefficient (Wildman–Crippen LogP) is 6.16. The average Bonchev–Trinajstić information content (AvgIpc) is 2.74. The quantitative estimate of drug-likeness (QED) is 0.379. The van der Waals surface area contributed by atoms with Crippen molar-refractivity contribution in [2.45, 2.75) is 44.9 Å². The number of aliphatic hydroxyl groups is 1. The molecule has 0 aromatic heterocycles. The van der Waals surface area contributed by atoms with Crippen LogP contribution in [0.3, 0.4) is 0 Å². The largest absolute Gasteiger partial charge is 0.489 e. The summed E-state index contributed by atoms with van der Waals surface area (Å²) in [4.78, 5) is 0. The van der Waals surface area contributed by atoms with Gasteiger partial charge >= 0.3 is 0 Å². The number of aryl methyl sites for hydroxylation is 1. The van der Waals surface area contributed by atoms with Crippen molar-refractivity contribution < 1.29 is 14.6 Å². The molecule has 3 aromatic carbocycles. The molecule has 6 heteroatoms. The standard InChI is InChI=1S/C25H28ClNO3.ClH/c1-18(28)25(27)12-5-9-20-13-14-23(16-24(20)26)30-22-11-6-10-21(15-22)29-17-19-7-3-2-4-8-19;/h2-4,6-8,10-11,13-16,18,25,28H,5,9,12,17,27H2,1H3;1H. The summed E-state index contributed by atoms with van der Waals surface area (Å²) < 4.78 is 11.8. The first kappa shape index (κ1) is 25.0. The highest BCUT2D eigenvalue weighted by Crippen LogP contribution is 2.29. The van der Waals surface area contributed by atoms with Crippen LogP contribution >= 0.6 is 24.0 Å². The van der Waals surface area contributed by atoms with Gasteiger partial charge in [-0.05, 0) is 61.6 Å². The maximum atomic E-state index is 9.48. The van der Waals surface area contributed by atoms with Crippen LogP contribution in [-0.4, -0.2) is 17.3 Å². The summed E-state index contributed by atoms with van der Waals surface area (Å²) in [7, 11) is 0. The van der Waals surface area contributed by atoms with Crippen LogP contribution < -0.4 is 15.2 Å². The summed E-state index contributed by atoms with van der Waals surface area (Å²) >= 11 is 6.44. The summed E-state index contributed by atoms with van der Waals surface area (Å²) in [5, 5.41) is 10.1. The molecule has 0 radical (unpaired) electrons. The third kappa shape index (κ3) is 8.08. The van der Waals surface area contributed by atoms with Gasteiger partial charge in [-0.15, -0.1) is 12.4 Å². The van der Waals surface area contributed by atoms with E-state index in [4.69, 9.17) is 26.8 Å². The third-order valence-corrected chi connectivity index (χ3v) is 5.27. The number of hydrogen-bond acceptors (Lipinski definition) is 4. The lowest BCUT2D eigenvalue weighted by Gasteiger charge is -2.14. The first-order valence-electron chi connectivity index (χ1n) is 10.2. The van der Waals surface area contributed by atoms with Crippen molar-refractivity contribution in [3.8, 4) is 17.2 Å². The highest BCUT2D eigenvalue weighted by Gasteiger charge is 2.10. The number of hydrogen-bond donors (Lipinski definition) is 2. The highest BCUT2D eigenvalue weighted by atomic mass is 35.5. The Bertz CT molecular complexity index is 935. The van der Waals surface area contributed by atoms with Crippen LogP contribution in [0.5, 0.6) is 17.2 Å². The zero-order valence-corrected chi connectivity index (χ0v) is 19.1. The number of ether oxygens (including phenoxy) is 2. The van der Waals surface area contributed by atoms with Gasteiger partial charge in [0.25, 0.3) is 0 Å². The van der Waals surface area contributed by atoms with E-state index >= 15 is 0 Å². The molecule has 0 amide bonds. The Labute approximate surface area is 195 Å². The van der Waals surface area contributed by atoms with Gasteiger partial charge in [0.1, 0.15) is 23.9 Å². The maximum absolute atomic E-state index is 9.48. The molecule has 2 atom stereocenters. The van der Waals surface area contributed by atoms with Gasteiger partial charge < -0.3 is 20.3 Å². The molecule has 0 heterocycles. The van der Waals surface area contributed by atoms with Crippen molar-refractivity contribution in [1.82, 2.24) is 0 Å². The summed E-state index contributed by atoms with van der Waals surface area (Å²) in [5.41, 5.74) is 8.04. The third-order valence-electron chi connectivity index (χ3n) is 4.92. The monoisotopic (exact) mass is 461 g/mol. The second-order valence-electron chi connectivity index (χ2n) is 7.40. The molecular formula is C25H29Cl2NO3. The van der Waals surface area contributed by atoms with E-state index in [-0.39, 0.29) is 18.4 Å². The van der Waals surface area contributed by atoms with Crippen LogP contribution in [0.4, 0.5) is 0 Å². The van der Waals surface area contributed by atoms with Crippen LogP contribution in [0.25, 0.3) is 0 Å². The second kappa shape index (κ2) is 12.6. The van der Waals surface area contributed by atoms with Crippen LogP contribution in [-0.2, 0) is 13.0 Å². The van der Waals surface area contributed by atoms with Gasteiger partial charge in [0, 0.05) is 17.1 Å². The fourth-order valence-electron chi connectivity index (χ4n) is 3.07. The second-order valence-corrected chi connectivity index (χ2v) is 7.81. The van der Waals surface area contributed by atoms with Crippen molar-refractivity contribution >= 4 is 24.0 Å². The van der Waals surface area contributed by atoms with Gasteiger partial charge in [-0.1, -0.05) is 54.1 Å². The van der Waals surface area contributed by atoms with Crippen LogP contribution in [0.15, 0.2) is 72.8 Å². The molecule has 0 aliphatic carbocycles. The molecule has 0 aliphatic heterocycles. The molecular weight excluding hydrogens is 433 g/mol. The Morgan fingerprint density at radius 1 is 0.935 bits per heavy atom. The normalized spacial score (nSPS) is 12.5. The van der Waals surface area contributed by atoms with Crippen molar-refractivity contribution in [2.24, 2.45) is 5.73 Å². The maximum Gasteiger partial charge on any atom is 0.131 e. The lowest BCUT2D eigenvalue weighted by atomic mass is 10.0. The van der Waals surface area contributed by atoms with Crippen LogP contribution in [0, 0.1) is 0 Å². The predicted molar refractivity (Wildman–Crippen MR) is 129 cm³/mol. The minimum absolute atomic E-state index is 0. The molecule has 0 aliphatic rings. The highest BCUT2D eigenvalue weighted by molar-refractivity contribution is 6.31. The average molecular weight is 462 g/mol. The zero-order chi connectivity index (χ0) is 21.3. The van der Waals surface area contributed by atoms with Crippen molar-refractivity contribution in [3.05, 3.63) is 88.9 Å². The molecule has 3 aromatic rings. The van der Waals surface area contributed by atoms with E-state index in [1.807, 2.05) is 72.8 Å². The van der Waals surface area contributed by atoms with Crippen LogP contribution in [0.1, 0.15) is 30.9 Å². The van der Waals surface area contributed by atoms with Gasteiger partial charge in [0.15, 0.2) is 0 Å². The minimum Gasteiger partial charge on any atom is -0.489 e. The van der Waals surface area contributed by atoms with E-state index in [1.54, 1.807) is 6.92 Å². The first-order chi connectivity index (χ1) is 14.5. The molecule has 3 rings (SSSR count). The van der Waals surface area contributed by atoms with E-state index in [1.165, 1.54) is 0 Å². The number of nitrogens with two attached hydrogens (primary N) is 1. The summed E-state index contributed by atoms with van der Waals surface area (Å²) in [6, 6.07) is 23.1. The number of aliphatic hydroxyl groups excluding tert-OH is 1. The fraction of sp³-hybridized carbons (Fsp3) is 0.280. The van der Waals surface area contributed by atoms with E-state index in [9.17, 15) is 5.11 Å². The van der Waals surface area contributed by atoms with Crippen LogP contribution in [0.2, 0.25) is 5.02 Å². The molecule has 4 nitrogen and oxygen atoms in total. The Morgan fingerprint density at radius 2 is 1.65 bits per heavy atom. The minimum atomic E-state index is -0.497. The molecule has 3 N–H and O–H groups in total. The molecule has 0 saturated carbocycles. The van der Waals surface area contributed by atoms with Gasteiger partial charge in [-0.25, -0.2) is 0 Å². The van der Waals surface area contributed by atoms with Crippen molar-refractivity contribution in [3.63, 3.8) is 0 Å². The number of benzene rings is 3. The smallest absolute Gasteiger partial charge is 0.131 e. The van der Waals surface area contributed by atoms with E-state index in [0.717, 1.165) is 36.1 Å².